The number of hydroxylamine groups is 1. The number of carbonyl (C=O) groups is 1. The molecule has 3 aromatic heterocycles. The van der Waals surface area contributed by atoms with Crippen molar-refractivity contribution in [3.8, 4) is 11.4 Å². The number of rotatable bonds is 6. The van der Waals surface area contributed by atoms with E-state index in [0.717, 1.165) is 6.26 Å². The molecule has 14 nitrogen and oxygen atoms in total. The van der Waals surface area contributed by atoms with Crippen molar-refractivity contribution in [3.05, 3.63) is 24.8 Å². The summed E-state index contributed by atoms with van der Waals surface area (Å²) in [5, 5.41) is 23.7. The van der Waals surface area contributed by atoms with E-state index < -0.39 is 40.3 Å². The SMILES string of the molecule is CNc1nc(-c2cncc(S(C)(=O)=O)c2)nc2c1ncn2[C@@H]1O[C@H](C(=O)NOC)[C@@H](O)[C@H]1O. The van der Waals surface area contributed by atoms with Crippen molar-refractivity contribution in [2.75, 3.05) is 25.7 Å². The first-order chi connectivity index (χ1) is 15.7. The number of pyridine rings is 1. The molecule has 0 spiro atoms. The molecule has 176 valence electrons. The molecular weight excluding hydrogens is 458 g/mol. The predicted molar refractivity (Wildman–Crippen MR) is 112 cm³/mol. The van der Waals surface area contributed by atoms with Gasteiger partial charge in [0.15, 0.2) is 45.0 Å². The Labute approximate surface area is 187 Å². The lowest BCUT2D eigenvalue weighted by atomic mass is 10.1. The third-order valence-electron chi connectivity index (χ3n) is 5.03. The lowest BCUT2D eigenvalue weighted by molar-refractivity contribution is -0.148. The highest BCUT2D eigenvalue weighted by Crippen LogP contribution is 2.33. The van der Waals surface area contributed by atoms with Crippen LogP contribution in [-0.2, 0) is 24.2 Å². The number of aliphatic hydroxyl groups excluding tert-OH is 2. The zero-order valence-electron chi connectivity index (χ0n) is 17.7. The molecule has 1 aliphatic rings. The number of fused-ring (bicyclic) bond motifs is 1. The molecule has 4 rings (SSSR count). The molecule has 33 heavy (non-hydrogen) atoms. The Morgan fingerprint density at radius 1 is 1.24 bits per heavy atom. The van der Waals surface area contributed by atoms with Gasteiger partial charge >= 0.3 is 0 Å². The number of aliphatic hydroxyl groups is 2. The first-order valence-electron chi connectivity index (χ1n) is 9.58. The Kier molecular flexibility index (Phi) is 5.98. The third kappa shape index (κ3) is 4.11. The number of hydrogen-bond acceptors (Lipinski definition) is 12. The number of hydrogen-bond donors (Lipinski definition) is 4. The quantitative estimate of drug-likeness (QED) is 0.304. The molecule has 15 heteroatoms. The van der Waals surface area contributed by atoms with Crippen LogP contribution in [0.25, 0.3) is 22.6 Å². The number of anilines is 1. The smallest absolute Gasteiger partial charge is 0.275 e. The number of nitrogens with one attached hydrogen (secondary N) is 2. The molecule has 0 bridgehead atoms. The number of aromatic nitrogens is 5. The van der Waals surface area contributed by atoms with Crippen LogP contribution in [0, 0.1) is 0 Å². The molecule has 4 heterocycles. The van der Waals surface area contributed by atoms with Gasteiger partial charge in [0, 0.05) is 31.3 Å². The van der Waals surface area contributed by atoms with Crippen LogP contribution in [0.5, 0.6) is 0 Å². The van der Waals surface area contributed by atoms with E-state index in [-0.39, 0.29) is 16.4 Å². The molecule has 1 aliphatic heterocycles. The number of carbonyl (C=O) groups excluding carboxylic acids is 1. The highest BCUT2D eigenvalue weighted by molar-refractivity contribution is 7.90. The second-order valence-corrected chi connectivity index (χ2v) is 9.27. The molecule has 0 radical (unpaired) electrons. The van der Waals surface area contributed by atoms with E-state index in [1.165, 1.54) is 36.5 Å². The van der Waals surface area contributed by atoms with Crippen LogP contribution in [0.4, 0.5) is 5.82 Å². The minimum Gasteiger partial charge on any atom is -0.387 e. The summed E-state index contributed by atoms with van der Waals surface area (Å²) in [7, 11) is -0.674. The van der Waals surface area contributed by atoms with Crippen LogP contribution in [0.15, 0.2) is 29.7 Å². The van der Waals surface area contributed by atoms with Gasteiger partial charge in [-0.1, -0.05) is 0 Å². The zero-order valence-corrected chi connectivity index (χ0v) is 18.5. The lowest BCUT2D eigenvalue weighted by Gasteiger charge is -2.17. The Morgan fingerprint density at radius 2 is 2.00 bits per heavy atom. The molecule has 1 saturated heterocycles. The summed E-state index contributed by atoms with van der Waals surface area (Å²) in [4.78, 5) is 33.7. The maximum atomic E-state index is 12.1. The third-order valence-corrected chi connectivity index (χ3v) is 6.11. The monoisotopic (exact) mass is 479 g/mol. The Bertz CT molecular complexity index is 1310. The minimum absolute atomic E-state index is 0.00659. The van der Waals surface area contributed by atoms with Crippen molar-refractivity contribution in [1.29, 1.82) is 0 Å². The number of sulfone groups is 1. The largest absolute Gasteiger partial charge is 0.387 e. The standard InChI is InChI=1S/C18H21N7O7S/c1-19-15-10-16(23-14(22-15)8-4-9(6-20-5-8)33(3,29)30)25(7-21-10)18-12(27)11(26)13(32-18)17(28)24-31-2/h4-7,11-13,18,26-27H,1-3H3,(H,24,28)(H,19,22,23)/t11-,12+,13-,18+/m0/s1. The molecule has 0 aromatic carbocycles. The number of imidazole rings is 1. The molecule has 0 unspecified atom stereocenters. The van der Waals surface area contributed by atoms with E-state index in [1.54, 1.807) is 7.05 Å². The highest BCUT2D eigenvalue weighted by Gasteiger charge is 2.48. The van der Waals surface area contributed by atoms with E-state index >= 15 is 0 Å². The number of amides is 1. The number of ether oxygens (including phenoxy) is 1. The van der Waals surface area contributed by atoms with Crippen LogP contribution < -0.4 is 10.8 Å². The summed E-state index contributed by atoms with van der Waals surface area (Å²) >= 11 is 0. The zero-order chi connectivity index (χ0) is 23.9. The highest BCUT2D eigenvalue weighted by atomic mass is 32.2. The van der Waals surface area contributed by atoms with Gasteiger partial charge in [0.05, 0.1) is 18.3 Å². The first kappa shape index (κ1) is 22.9. The summed E-state index contributed by atoms with van der Waals surface area (Å²) in [5.41, 5.74) is 2.91. The van der Waals surface area contributed by atoms with Gasteiger partial charge in [0.2, 0.25) is 0 Å². The van der Waals surface area contributed by atoms with Gasteiger partial charge in [0.25, 0.3) is 5.91 Å². The van der Waals surface area contributed by atoms with Gasteiger partial charge in [-0.25, -0.2) is 28.8 Å². The molecule has 4 atom stereocenters. The fraction of sp³-hybridized carbons (Fsp3) is 0.389. The summed E-state index contributed by atoms with van der Waals surface area (Å²) in [5.74, 6) is -0.320. The summed E-state index contributed by atoms with van der Waals surface area (Å²) < 4.78 is 30.8. The van der Waals surface area contributed by atoms with Gasteiger partial charge in [-0.3, -0.25) is 19.2 Å². The van der Waals surface area contributed by atoms with E-state index in [0.29, 0.717) is 16.9 Å². The van der Waals surface area contributed by atoms with E-state index in [9.17, 15) is 23.4 Å². The van der Waals surface area contributed by atoms with Gasteiger partial charge in [-0.05, 0) is 6.07 Å². The summed E-state index contributed by atoms with van der Waals surface area (Å²) in [6, 6.07) is 1.39. The van der Waals surface area contributed by atoms with Crippen molar-refractivity contribution in [2.45, 2.75) is 29.4 Å². The predicted octanol–water partition coefficient (Wildman–Crippen LogP) is -1.37. The van der Waals surface area contributed by atoms with E-state index in [1.807, 2.05) is 0 Å². The lowest BCUT2D eigenvalue weighted by Crippen LogP contribution is -2.42. The van der Waals surface area contributed by atoms with Crippen LogP contribution in [0.1, 0.15) is 6.23 Å². The second-order valence-electron chi connectivity index (χ2n) is 7.25. The van der Waals surface area contributed by atoms with Crippen LogP contribution in [0.2, 0.25) is 0 Å². The van der Waals surface area contributed by atoms with Crippen molar-refractivity contribution in [1.82, 2.24) is 30.0 Å². The average molecular weight is 479 g/mol. The van der Waals surface area contributed by atoms with Gasteiger partial charge < -0.3 is 20.3 Å². The molecule has 1 fully saturated rings. The molecule has 0 aliphatic carbocycles. The second kappa shape index (κ2) is 8.60. The van der Waals surface area contributed by atoms with Gasteiger partial charge in [-0.15, -0.1) is 0 Å². The van der Waals surface area contributed by atoms with Crippen molar-refractivity contribution in [3.63, 3.8) is 0 Å². The molecule has 1 amide bonds. The van der Waals surface area contributed by atoms with Crippen LogP contribution in [-0.4, -0.2) is 87.8 Å². The first-order valence-corrected chi connectivity index (χ1v) is 11.5. The van der Waals surface area contributed by atoms with Gasteiger partial charge in [0.1, 0.15) is 12.2 Å². The number of nitrogens with zero attached hydrogens (tertiary/aromatic N) is 5. The van der Waals surface area contributed by atoms with Crippen LogP contribution >= 0.6 is 0 Å². The Hall–Kier alpha value is -3.24. The van der Waals surface area contributed by atoms with Crippen molar-refractivity contribution in [2.24, 2.45) is 0 Å². The van der Waals surface area contributed by atoms with E-state index in [4.69, 9.17) is 4.74 Å². The van der Waals surface area contributed by atoms with Crippen molar-refractivity contribution >= 4 is 32.7 Å². The molecular formula is C18H21N7O7S. The Morgan fingerprint density at radius 3 is 2.67 bits per heavy atom. The summed E-state index contributed by atoms with van der Waals surface area (Å²) in [6.45, 7) is 0. The maximum Gasteiger partial charge on any atom is 0.275 e. The maximum absolute atomic E-state index is 12.1. The fourth-order valence-electron chi connectivity index (χ4n) is 3.41. The molecule has 0 saturated carbocycles. The summed E-state index contributed by atoms with van der Waals surface area (Å²) in [6.07, 6.45) is -0.612. The normalized spacial score (nSPS) is 23.1. The minimum atomic E-state index is -3.51. The molecule has 3 aromatic rings. The fourth-order valence-corrected chi connectivity index (χ4v) is 4.01. The Balaban J connectivity index is 1.80. The van der Waals surface area contributed by atoms with E-state index in [2.05, 4.69) is 35.6 Å². The topological polar surface area (TPSA) is 191 Å². The van der Waals surface area contributed by atoms with Crippen molar-refractivity contribution < 1.29 is 33.0 Å². The average Bonchev–Trinajstić information content (AvgIpc) is 3.34. The molecule has 4 N–H and O–H groups in total. The van der Waals surface area contributed by atoms with Gasteiger partial charge in [-0.2, -0.15) is 0 Å². The van der Waals surface area contributed by atoms with Crippen LogP contribution in [0.3, 0.4) is 0 Å².